The minimum Gasteiger partial charge on any atom is -0.447 e. The zero-order valence-corrected chi connectivity index (χ0v) is 9.33. The molecule has 0 aromatic rings. The number of likely N-dealkylation sites (tertiary alicyclic amines) is 1. The fourth-order valence-electron chi connectivity index (χ4n) is 1.45. The highest BCUT2D eigenvalue weighted by Crippen LogP contribution is 2.16. The van der Waals surface area contributed by atoms with Crippen molar-refractivity contribution >= 4 is 19.0 Å². The van der Waals surface area contributed by atoms with Gasteiger partial charge in [0.25, 0.3) is 0 Å². The highest BCUT2D eigenvalue weighted by atomic mass is 32.1. The van der Waals surface area contributed by atoms with Crippen LogP contribution in [-0.2, 0) is 8.92 Å². The molecule has 0 bridgehead atoms. The highest BCUT2D eigenvalue weighted by molar-refractivity contribution is 7.75. The second-order valence-electron chi connectivity index (χ2n) is 3.62. The minimum absolute atomic E-state index is 0.234. The van der Waals surface area contributed by atoms with Crippen LogP contribution in [0.25, 0.3) is 0 Å². The van der Waals surface area contributed by atoms with Gasteiger partial charge in [-0.1, -0.05) is 6.92 Å². The number of hydrogen-bond acceptors (Lipinski definition) is 4. The van der Waals surface area contributed by atoms with Gasteiger partial charge >= 0.3 is 6.09 Å². The van der Waals surface area contributed by atoms with E-state index in [0.717, 1.165) is 31.8 Å². The van der Waals surface area contributed by atoms with Crippen LogP contribution in [0.5, 0.6) is 0 Å². The average Bonchev–Trinajstić information content (AvgIpc) is 2.19. The van der Waals surface area contributed by atoms with Gasteiger partial charge in [-0.05, 0) is 31.7 Å². The van der Waals surface area contributed by atoms with E-state index in [4.69, 9.17) is 4.74 Å². The predicted molar refractivity (Wildman–Crippen MR) is 56.3 cm³/mol. The van der Waals surface area contributed by atoms with Gasteiger partial charge < -0.3 is 13.8 Å². The number of nitrogens with zero attached hydrogens (tertiary/aromatic N) is 1. The number of carbonyl (C=O) groups is 1. The predicted octanol–water partition coefficient (Wildman–Crippen LogP) is 1.72. The van der Waals surface area contributed by atoms with Gasteiger partial charge in [-0.3, -0.25) is 0 Å². The van der Waals surface area contributed by atoms with Crippen LogP contribution >= 0.6 is 12.9 Å². The van der Waals surface area contributed by atoms with Crippen LogP contribution in [-0.4, -0.2) is 37.3 Å². The van der Waals surface area contributed by atoms with Crippen molar-refractivity contribution in [1.29, 1.82) is 0 Å². The summed E-state index contributed by atoms with van der Waals surface area (Å²) in [7, 11) is 0. The van der Waals surface area contributed by atoms with Crippen LogP contribution in [0.4, 0.5) is 4.79 Å². The summed E-state index contributed by atoms with van der Waals surface area (Å²) < 4.78 is 9.47. The molecule has 0 aromatic heterocycles. The topological polar surface area (TPSA) is 38.8 Å². The molecule has 0 atom stereocenters. The molecule has 1 rings (SSSR count). The molecule has 1 aliphatic heterocycles. The summed E-state index contributed by atoms with van der Waals surface area (Å²) in [5.74, 6) is 0.722. The number of hydrogen-bond donors (Lipinski definition) is 1. The number of carbonyl (C=O) groups excluding carboxylic acids is 1. The van der Waals surface area contributed by atoms with Crippen molar-refractivity contribution in [2.24, 2.45) is 5.92 Å². The fraction of sp³-hybridized carbons (Fsp3) is 0.889. The first-order valence-corrected chi connectivity index (χ1v) is 5.28. The molecule has 82 valence electrons. The molecule has 0 unspecified atom stereocenters. The average molecular weight is 219 g/mol. The van der Waals surface area contributed by atoms with Gasteiger partial charge in [0.2, 0.25) is 0 Å². The summed E-state index contributed by atoms with van der Waals surface area (Å²) in [5.41, 5.74) is 0. The van der Waals surface area contributed by atoms with Crippen molar-refractivity contribution in [2.75, 3.05) is 26.3 Å². The summed E-state index contributed by atoms with van der Waals surface area (Å²) in [6, 6.07) is 0. The Morgan fingerprint density at radius 1 is 1.43 bits per heavy atom. The minimum atomic E-state index is -0.234. The van der Waals surface area contributed by atoms with E-state index in [1.165, 1.54) is 0 Å². The van der Waals surface area contributed by atoms with E-state index in [9.17, 15) is 4.79 Å². The lowest BCUT2D eigenvalue weighted by atomic mass is 10.00. The Hall–Kier alpha value is -0.420. The lowest BCUT2D eigenvalue weighted by Gasteiger charge is -2.29. The molecule has 0 radical (unpaired) electrons. The third-order valence-electron chi connectivity index (χ3n) is 2.44. The van der Waals surface area contributed by atoms with E-state index >= 15 is 0 Å². The van der Waals surface area contributed by atoms with E-state index in [0.29, 0.717) is 6.61 Å². The largest absolute Gasteiger partial charge is 0.447 e. The van der Waals surface area contributed by atoms with E-state index in [2.05, 4.69) is 24.0 Å². The quantitative estimate of drug-likeness (QED) is 0.446. The molecule has 0 N–H and O–H groups in total. The third-order valence-corrected chi connectivity index (χ3v) is 2.62. The van der Waals surface area contributed by atoms with Crippen molar-refractivity contribution in [2.45, 2.75) is 19.8 Å². The zero-order valence-electron chi connectivity index (χ0n) is 8.44. The molecule has 14 heavy (non-hydrogen) atoms. The third kappa shape index (κ3) is 3.75. The van der Waals surface area contributed by atoms with Gasteiger partial charge in [-0.2, -0.15) is 0 Å². The monoisotopic (exact) mass is 219 g/mol. The second kappa shape index (κ2) is 6.14. The molecule has 1 aliphatic rings. The maximum atomic E-state index is 11.4. The molecule has 1 amide bonds. The summed E-state index contributed by atoms with van der Waals surface area (Å²) >= 11 is 3.56. The van der Waals surface area contributed by atoms with Crippen molar-refractivity contribution in [1.82, 2.24) is 4.90 Å². The van der Waals surface area contributed by atoms with E-state index in [1.807, 2.05) is 0 Å². The lowest BCUT2D eigenvalue weighted by molar-refractivity contribution is 0.0802. The smallest absolute Gasteiger partial charge is 0.409 e. The summed E-state index contributed by atoms with van der Waals surface area (Å²) in [5, 5.41) is 0. The van der Waals surface area contributed by atoms with Crippen LogP contribution in [0.2, 0.25) is 0 Å². The van der Waals surface area contributed by atoms with Gasteiger partial charge in [-0.25, -0.2) is 4.79 Å². The Bertz CT molecular complexity index is 181. The molecular weight excluding hydrogens is 202 g/mol. The molecule has 0 spiro atoms. The van der Waals surface area contributed by atoms with Crippen LogP contribution in [0, 0.1) is 5.92 Å². The maximum Gasteiger partial charge on any atom is 0.409 e. The van der Waals surface area contributed by atoms with Crippen LogP contribution < -0.4 is 0 Å². The Morgan fingerprint density at radius 2 is 2.07 bits per heavy atom. The SMILES string of the molecule is CC1CCN(C(=O)OCCOS)CC1. The van der Waals surface area contributed by atoms with Crippen LogP contribution in [0.1, 0.15) is 19.8 Å². The standard InChI is InChI=1S/C9H17NO3S/c1-8-2-4-10(5-3-8)9(11)12-6-7-13-14/h8,14H,2-7H2,1H3. The van der Waals surface area contributed by atoms with Crippen molar-refractivity contribution in [3.05, 3.63) is 0 Å². The van der Waals surface area contributed by atoms with Gasteiger partial charge in [0.1, 0.15) is 6.61 Å². The summed E-state index contributed by atoms with van der Waals surface area (Å²) in [4.78, 5) is 13.2. The van der Waals surface area contributed by atoms with E-state index in [-0.39, 0.29) is 12.7 Å². The molecule has 5 heteroatoms. The van der Waals surface area contributed by atoms with Crippen molar-refractivity contribution < 1.29 is 13.7 Å². The Balaban J connectivity index is 2.17. The molecule has 0 aliphatic carbocycles. The first-order chi connectivity index (χ1) is 6.74. The van der Waals surface area contributed by atoms with Crippen molar-refractivity contribution in [3.8, 4) is 0 Å². The Kier molecular flexibility index (Phi) is 5.11. The summed E-state index contributed by atoms with van der Waals surface area (Å²) in [6.45, 7) is 4.42. The van der Waals surface area contributed by atoms with Crippen molar-refractivity contribution in [3.63, 3.8) is 0 Å². The molecule has 1 saturated heterocycles. The normalized spacial score (nSPS) is 18.3. The number of rotatable bonds is 3. The van der Waals surface area contributed by atoms with E-state index < -0.39 is 0 Å². The molecule has 0 saturated carbocycles. The molecule has 1 fully saturated rings. The van der Waals surface area contributed by atoms with Gasteiger partial charge in [-0.15, -0.1) is 0 Å². The van der Waals surface area contributed by atoms with Gasteiger partial charge in [0.05, 0.1) is 6.61 Å². The molecular formula is C9H17NO3S. The Morgan fingerprint density at radius 3 is 2.64 bits per heavy atom. The number of thiol groups is 1. The summed E-state index contributed by atoms with van der Waals surface area (Å²) in [6.07, 6.45) is 1.90. The molecule has 1 heterocycles. The highest BCUT2D eigenvalue weighted by Gasteiger charge is 2.20. The van der Waals surface area contributed by atoms with Gasteiger partial charge in [0, 0.05) is 13.1 Å². The van der Waals surface area contributed by atoms with Crippen LogP contribution in [0.3, 0.4) is 0 Å². The Labute approximate surface area is 90.2 Å². The second-order valence-corrected chi connectivity index (χ2v) is 3.88. The fourth-order valence-corrected chi connectivity index (χ4v) is 1.52. The number of ether oxygens (including phenoxy) is 1. The number of amides is 1. The van der Waals surface area contributed by atoms with Crippen LogP contribution in [0.15, 0.2) is 0 Å². The first-order valence-electron chi connectivity index (χ1n) is 4.92. The number of piperidine rings is 1. The lowest BCUT2D eigenvalue weighted by Crippen LogP contribution is -2.38. The molecule has 4 nitrogen and oxygen atoms in total. The maximum absolute atomic E-state index is 11.4. The molecule has 0 aromatic carbocycles. The van der Waals surface area contributed by atoms with E-state index in [1.54, 1.807) is 4.90 Å². The first kappa shape index (κ1) is 11.7. The van der Waals surface area contributed by atoms with Gasteiger partial charge in [0.15, 0.2) is 0 Å². The zero-order chi connectivity index (χ0) is 10.4.